The van der Waals surface area contributed by atoms with Gasteiger partial charge in [-0.05, 0) is 6.07 Å². The van der Waals surface area contributed by atoms with Crippen molar-refractivity contribution in [2.24, 2.45) is 0 Å². The molecule has 0 aliphatic rings. The smallest absolute Gasteiger partial charge is 0.352 e. The molecular weight excluding hydrogens is 206 g/mol. The molecule has 7 nitrogen and oxygen atoms in total. The van der Waals surface area contributed by atoms with Gasteiger partial charge in [0.15, 0.2) is 6.10 Å². The zero-order valence-corrected chi connectivity index (χ0v) is 7.41. The van der Waals surface area contributed by atoms with E-state index in [0.717, 1.165) is 12.3 Å². The number of rotatable bonds is 4. The molecule has 15 heavy (non-hydrogen) atoms. The molecule has 0 aromatic carbocycles. The van der Waals surface area contributed by atoms with Crippen LogP contribution < -0.4 is 0 Å². The first-order valence-electron chi connectivity index (χ1n) is 3.94. The molecule has 1 aromatic rings. The number of nitrogens with one attached hydrogen (secondary N) is 1. The van der Waals surface area contributed by atoms with Crippen LogP contribution in [0.2, 0.25) is 0 Å². The van der Waals surface area contributed by atoms with E-state index in [1.807, 2.05) is 0 Å². The maximum absolute atomic E-state index is 10.4. The Morgan fingerprint density at radius 2 is 1.87 bits per heavy atom. The SMILES string of the molecule is O=C(O)c1cc(C(O)C(O)C(=O)O)c[nH]1. The lowest BCUT2D eigenvalue weighted by molar-refractivity contribution is -0.153. The number of aromatic nitrogens is 1. The molecule has 0 radical (unpaired) electrons. The van der Waals surface area contributed by atoms with Crippen LogP contribution in [0.1, 0.15) is 22.2 Å². The lowest BCUT2D eigenvalue weighted by Crippen LogP contribution is -2.27. The van der Waals surface area contributed by atoms with Crippen LogP contribution >= 0.6 is 0 Å². The van der Waals surface area contributed by atoms with E-state index in [2.05, 4.69) is 4.98 Å². The fourth-order valence-corrected chi connectivity index (χ4v) is 1.02. The molecule has 7 heteroatoms. The molecule has 0 spiro atoms. The van der Waals surface area contributed by atoms with E-state index < -0.39 is 24.1 Å². The maximum Gasteiger partial charge on any atom is 0.352 e. The van der Waals surface area contributed by atoms with Crippen molar-refractivity contribution in [1.29, 1.82) is 0 Å². The first-order chi connectivity index (χ1) is 6.93. The molecule has 1 rings (SSSR count). The maximum atomic E-state index is 10.4. The van der Waals surface area contributed by atoms with Crippen LogP contribution in [0.3, 0.4) is 0 Å². The number of aliphatic hydroxyl groups excluding tert-OH is 2. The molecule has 2 atom stereocenters. The van der Waals surface area contributed by atoms with E-state index in [1.165, 1.54) is 0 Å². The van der Waals surface area contributed by atoms with Crippen molar-refractivity contribution >= 4 is 11.9 Å². The molecule has 0 saturated carbocycles. The highest BCUT2D eigenvalue weighted by Gasteiger charge is 2.26. The van der Waals surface area contributed by atoms with Gasteiger partial charge < -0.3 is 25.4 Å². The van der Waals surface area contributed by atoms with Crippen molar-refractivity contribution in [1.82, 2.24) is 4.98 Å². The Morgan fingerprint density at radius 1 is 1.27 bits per heavy atom. The number of carboxylic acid groups (broad SMARTS) is 2. The molecule has 0 bridgehead atoms. The highest BCUT2D eigenvalue weighted by molar-refractivity contribution is 5.85. The number of aromatic carboxylic acids is 1. The van der Waals surface area contributed by atoms with Gasteiger partial charge in [0.25, 0.3) is 0 Å². The average molecular weight is 215 g/mol. The second kappa shape index (κ2) is 4.11. The van der Waals surface area contributed by atoms with Crippen molar-refractivity contribution in [3.8, 4) is 0 Å². The summed E-state index contributed by atoms with van der Waals surface area (Å²) in [6.45, 7) is 0. The summed E-state index contributed by atoms with van der Waals surface area (Å²) < 4.78 is 0. The quantitative estimate of drug-likeness (QED) is 0.446. The normalized spacial score (nSPS) is 14.5. The van der Waals surface area contributed by atoms with Gasteiger partial charge in [-0.3, -0.25) is 0 Å². The monoisotopic (exact) mass is 215 g/mol. The van der Waals surface area contributed by atoms with Gasteiger partial charge in [0.1, 0.15) is 11.8 Å². The van der Waals surface area contributed by atoms with Gasteiger partial charge in [-0.15, -0.1) is 0 Å². The summed E-state index contributed by atoms with van der Waals surface area (Å²) >= 11 is 0. The van der Waals surface area contributed by atoms with Gasteiger partial charge in [0.05, 0.1) is 0 Å². The predicted octanol–water partition coefficient (Wildman–Crippen LogP) is -0.808. The van der Waals surface area contributed by atoms with E-state index in [-0.39, 0.29) is 11.3 Å². The van der Waals surface area contributed by atoms with E-state index in [0.29, 0.717) is 0 Å². The number of carbonyl (C=O) groups is 2. The minimum atomic E-state index is -1.98. The topological polar surface area (TPSA) is 131 Å². The molecular formula is C8H9NO6. The fourth-order valence-electron chi connectivity index (χ4n) is 1.02. The first-order valence-corrected chi connectivity index (χ1v) is 3.94. The Kier molecular flexibility index (Phi) is 3.08. The second-order valence-electron chi connectivity index (χ2n) is 2.88. The third kappa shape index (κ3) is 2.33. The van der Waals surface area contributed by atoms with Crippen LogP contribution in [-0.4, -0.2) is 43.5 Å². The van der Waals surface area contributed by atoms with Crippen LogP contribution in [0.25, 0.3) is 0 Å². The summed E-state index contributed by atoms with van der Waals surface area (Å²) in [6, 6.07) is 1.05. The van der Waals surface area contributed by atoms with Crippen LogP contribution in [0.15, 0.2) is 12.3 Å². The molecule has 1 heterocycles. The predicted molar refractivity (Wildman–Crippen MR) is 46.4 cm³/mol. The fraction of sp³-hybridized carbons (Fsp3) is 0.250. The number of aliphatic hydroxyl groups is 2. The largest absolute Gasteiger partial charge is 0.479 e. The molecule has 5 N–H and O–H groups in total. The van der Waals surface area contributed by atoms with Gasteiger partial charge in [-0.25, -0.2) is 9.59 Å². The van der Waals surface area contributed by atoms with Gasteiger partial charge in [0, 0.05) is 11.8 Å². The van der Waals surface area contributed by atoms with Crippen LogP contribution in [0, 0.1) is 0 Å². The summed E-state index contributed by atoms with van der Waals surface area (Å²) in [6.07, 6.45) is -2.52. The minimum Gasteiger partial charge on any atom is -0.479 e. The Labute approximate surface area is 83.6 Å². The summed E-state index contributed by atoms with van der Waals surface area (Å²) in [5, 5.41) is 35.2. The third-order valence-electron chi connectivity index (χ3n) is 1.83. The molecule has 0 aliphatic carbocycles. The van der Waals surface area contributed by atoms with Gasteiger partial charge in [-0.1, -0.05) is 0 Å². The number of aromatic amines is 1. The summed E-state index contributed by atoms with van der Waals surface area (Å²) in [5.74, 6) is -2.82. The van der Waals surface area contributed by atoms with Crippen LogP contribution in [0.5, 0.6) is 0 Å². The van der Waals surface area contributed by atoms with Gasteiger partial charge in [-0.2, -0.15) is 0 Å². The minimum absolute atomic E-state index is 0.00213. The van der Waals surface area contributed by atoms with Crippen molar-refractivity contribution < 1.29 is 30.0 Å². The van der Waals surface area contributed by atoms with Gasteiger partial charge >= 0.3 is 11.9 Å². The second-order valence-corrected chi connectivity index (χ2v) is 2.88. The van der Waals surface area contributed by atoms with Crippen molar-refractivity contribution in [2.75, 3.05) is 0 Å². The highest BCUT2D eigenvalue weighted by Crippen LogP contribution is 2.18. The number of H-pyrrole nitrogens is 1. The molecule has 0 fully saturated rings. The molecule has 2 unspecified atom stereocenters. The Balaban J connectivity index is 2.87. The molecule has 0 aliphatic heterocycles. The number of carboxylic acids is 2. The standard InChI is InChI=1S/C8H9NO6/c10-5(6(11)8(14)15)3-1-4(7(12)13)9-2-3/h1-2,5-6,9-11H,(H,12,13)(H,14,15). The van der Waals surface area contributed by atoms with Crippen LogP contribution in [0.4, 0.5) is 0 Å². The molecule has 82 valence electrons. The lowest BCUT2D eigenvalue weighted by Gasteiger charge is -2.11. The Bertz CT molecular complexity index is 384. The van der Waals surface area contributed by atoms with Crippen molar-refractivity contribution in [3.05, 3.63) is 23.5 Å². The van der Waals surface area contributed by atoms with E-state index in [9.17, 15) is 14.7 Å². The zero-order valence-electron chi connectivity index (χ0n) is 7.41. The Morgan fingerprint density at radius 3 is 2.27 bits per heavy atom. The van der Waals surface area contributed by atoms with Crippen molar-refractivity contribution in [3.63, 3.8) is 0 Å². The number of hydrogen-bond donors (Lipinski definition) is 5. The average Bonchev–Trinajstić information content (AvgIpc) is 2.64. The zero-order chi connectivity index (χ0) is 11.6. The summed E-state index contributed by atoms with van der Waals surface area (Å²) in [7, 11) is 0. The molecule has 0 saturated heterocycles. The number of aliphatic carboxylic acids is 1. The summed E-state index contributed by atoms with van der Waals surface area (Å²) in [4.78, 5) is 23.1. The summed E-state index contributed by atoms with van der Waals surface area (Å²) in [5.41, 5.74) is -0.191. The van der Waals surface area contributed by atoms with Crippen molar-refractivity contribution in [2.45, 2.75) is 12.2 Å². The Hall–Kier alpha value is -1.86. The molecule has 0 amide bonds. The molecule has 1 aromatic heterocycles. The van der Waals surface area contributed by atoms with E-state index >= 15 is 0 Å². The van der Waals surface area contributed by atoms with Crippen LogP contribution in [-0.2, 0) is 4.79 Å². The van der Waals surface area contributed by atoms with E-state index in [1.54, 1.807) is 0 Å². The first kappa shape index (κ1) is 11.2. The third-order valence-corrected chi connectivity index (χ3v) is 1.83. The van der Waals surface area contributed by atoms with Gasteiger partial charge in [0.2, 0.25) is 0 Å². The highest BCUT2D eigenvalue weighted by atomic mass is 16.4. The lowest BCUT2D eigenvalue weighted by atomic mass is 10.1. The van der Waals surface area contributed by atoms with E-state index in [4.69, 9.17) is 15.3 Å². The number of hydrogen-bond acceptors (Lipinski definition) is 4.